The minimum absolute atomic E-state index is 0.0755. The van der Waals surface area contributed by atoms with Crippen LogP contribution in [-0.2, 0) is 26.3 Å². The van der Waals surface area contributed by atoms with Gasteiger partial charge in [0, 0.05) is 42.2 Å². The highest BCUT2D eigenvalue weighted by molar-refractivity contribution is 7.10. The molecule has 2 aromatic rings. The molecule has 2 heterocycles. The number of fused-ring (bicyclic) bond motifs is 1. The largest absolute Gasteiger partial charge is 0.352 e. The van der Waals surface area contributed by atoms with Gasteiger partial charge >= 0.3 is 0 Å². The van der Waals surface area contributed by atoms with Crippen LogP contribution in [0.1, 0.15) is 39.3 Å². The normalized spacial score (nSPS) is 14.1. The highest BCUT2D eigenvalue weighted by atomic mass is 32.1. The average molecular weight is 289 g/mol. The average Bonchev–Trinajstić information content (AvgIpc) is 3.05. The highest BCUT2D eigenvalue weighted by Crippen LogP contribution is 2.30. The van der Waals surface area contributed by atoms with Crippen LogP contribution in [0.15, 0.2) is 17.6 Å². The third kappa shape index (κ3) is 2.63. The van der Waals surface area contributed by atoms with Gasteiger partial charge in [0.05, 0.1) is 5.56 Å². The third-order valence-electron chi connectivity index (χ3n) is 3.90. The summed E-state index contributed by atoms with van der Waals surface area (Å²) in [6.45, 7) is 0.656. The van der Waals surface area contributed by atoms with Crippen LogP contribution in [0.4, 0.5) is 0 Å². The summed E-state index contributed by atoms with van der Waals surface area (Å²) in [4.78, 5) is 13.7. The Balaban J connectivity index is 1.59. The van der Waals surface area contributed by atoms with Crippen molar-refractivity contribution in [2.45, 2.75) is 32.1 Å². The molecule has 3 rings (SSSR count). The number of amides is 1. The van der Waals surface area contributed by atoms with Gasteiger partial charge in [-0.1, -0.05) is 0 Å². The van der Waals surface area contributed by atoms with Crippen LogP contribution in [0.5, 0.6) is 0 Å². The van der Waals surface area contributed by atoms with Crippen molar-refractivity contribution in [3.63, 3.8) is 0 Å². The molecule has 0 aromatic carbocycles. The monoisotopic (exact) mass is 289 g/mol. The molecule has 4 nitrogen and oxygen atoms in total. The Morgan fingerprint density at radius 1 is 1.45 bits per heavy atom. The zero-order valence-corrected chi connectivity index (χ0v) is 12.5. The molecular weight excluding hydrogens is 270 g/mol. The molecule has 0 spiro atoms. The van der Waals surface area contributed by atoms with Crippen molar-refractivity contribution in [3.8, 4) is 0 Å². The molecular formula is C15H19N3OS. The summed E-state index contributed by atoms with van der Waals surface area (Å²) in [6, 6.07) is 1.98. The number of aromatic nitrogens is 2. The van der Waals surface area contributed by atoms with Gasteiger partial charge in [0.2, 0.25) is 0 Å². The minimum atomic E-state index is 0.0755. The molecule has 0 aliphatic heterocycles. The lowest BCUT2D eigenvalue weighted by molar-refractivity contribution is 0.0953. The fraction of sp³-hybridized carbons (Fsp3) is 0.467. The molecule has 0 saturated carbocycles. The van der Waals surface area contributed by atoms with Gasteiger partial charge in [-0.25, -0.2) is 0 Å². The maximum atomic E-state index is 12.3. The summed E-state index contributed by atoms with van der Waals surface area (Å²) >= 11 is 1.74. The van der Waals surface area contributed by atoms with Gasteiger partial charge in [-0.05, 0) is 37.3 Å². The van der Waals surface area contributed by atoms with Crippen LogP contribution in [0.3, 0.4) is 0 Å². The predicted molar refractivity (Wildman–Crippen MR) is 80.2 cm³/mol. The Labute approximate surface area is 122 Å². The topological polar surface area (TPSA) is 46.9 Å². The first-order chi connectivity index (χ1) is 9.75. The lowest BCUT2D eigenvalue weighted by atomic mass is 9.95. The van der Waals surface area contributed by atoms with E-state index in [0.717, 1.165) is 30.5 Å². The highest BCUT2D eigenvalue weighted by Gasteiger charge is 2.19. The standard InChI is InChI=1S/C15H19N3OS/c1-18-11(7-9-17-18)6-8-16-15(19)13-10-20-14-5-3-2-4-12(13)14/h7,9-10H,2-6,8H2,1H3,(H,16,19). The van der Waals surface area contributed by atoms with E-state index in [9.17, 15) is 4.79 Å². The lowest BCUT2D eigenvalue weighted by Crippen LogP contribution is -2.27. The zero-order valence-electron chi connectivity index (χ0n) is 11.7. The first kappa shape index (κ1) is 13.4. The number of carbonyl (C=O) groups is 1. The van der Waals surface area contributed by atoms with Gasteiger partial charge in [-0.15, -0.1) is 11.3 Å². The van der Waals surface area contributed by atoms with Gasteiger partial charge in [-0.3, -0.25) is 9.48 Å². The fourth-order valence-corrected chi connectivity index (χ4v) is 3.86. The molecule has 0 radical (unpaired) electrons. The maximum absolute atomic E-state index is 12.3. The Kier molecular flexibility index (Phi) is 3.87. The van der Waals surface area contributed by atoms with Crippen molar-refractivity contribution in [2.24, 2.45) is 7.05 Å². The third-order valence-corrected chi connectivity index (χ3v) is 4.98. The molecule has 1 aliphatic carbocycles. The Bertz CT molecular complexity index is 614. The van der Waals surface area contributed by atoms with Gasteiger partial charge in [0.1, 0.15) is 0 Å². The molecule has 106 valence electrons. The number of hydrogen-bond acceptors (Lipinski definition) is 3. The van der Waals surface area contributed by atoms with E-state index in [2.05, 4.69) is 10.4 Å². The second-order valence-corrected chi connectivity index (χ2v) is 6.17. The summed E-state index contributed by atoms with van der Waals surface area (Å²) in [5.41, 5.74) is 3.33. The molecule has 0 fully saturated rings. The first-order valence-electron chi connectivity index (χ1n) is 7.10. The summed E-state index contributed by atoms with van der Waals surface area (Å²) < 4.78 is 1.85. The van der Waals surface area contributed by atoms with E-state index in [4.69, 9.17) is 0 Å². The van der Waals surface area contributed by atoms with Crippen LogP contribution in [0.25, 0.3) is 0 Å². The second-order valence-electron chi connectivity index (χ2n) is 5.21. The van der Waals surface area contributed by atoms with E-state index in [-0.39, 0.29) is 5.91 Å². The molecule has 0 saturated heterocycles. The molecule has 0 bridgehead atoms. The number of hydrogen-bond donors (Lipinski definition) is 1. The van der Waals surface area contributed by atoms with Gasteiger partial charge in [0.15, 0.2) is 0 Å². The molecule has 2 aromatic heterocycles. The summed E-state index contributed by atoms with van der Waals surface area (Å²) in [7, 11) is 1.92. The van der Waals surface area contributed by atoms with Crippen molar-refractivity contribution >= 4 is 17.2 Å². The fourth-order valence-electron chi connectivity index (χ4n) is 2.73. The second kappa shape index (κ2) is 5.79. The van der Waals surface area contributed by atoms with Gasteiger partial charge in [0.25, 0.3) is 5.91 Å². The summed E-state index contributed by atoms with van der Waals surface area (Å²) in [6.07, 6.45) is 7.26. The molecule has 0 unspecified atom stereocenters. The number of rotatable bonds is 4. The number of carbonyl (C=O) groups excluding carboxylic acids is 1. The van der Waals surface area contributed by atoms with Crippen molar-refractivity contribution in [3.05, 3.63) is 39.3 Å². The van der Waals surface area contributed by atoms with Gasteiger partial charge < -0.3 is 5.32 Å². The van der Waals surface area contributed by atoms with E-state index in [1.165, 1.54) is 23.3 Å². The van der Waals surface area contributed by atoms with E-state index in [0.29, 0.717) is 6.54 Å². The number of thiophene rings is 1. The quantitative estimate of drug-likeness (QED) is 0.939. The molecule has 20 heavy (non-hydrogen) atoms. The van der Waals surface area contributed by atoms with E-state index in [1.54, 1.807) is 17.5 Å². The molecule has 1 amide bonds. The molecule has 1 aliphatic rings. The van der Waals surface area contributed by atoms with E-state index < -0.39 is 0 Å². The van der Waals surface area contributed by atoms with Crippen molar-refractivity contribution in [1.82, 2.24) is 15.1 Å². The summed E-state index contributed by atoms with van der Waals surface area (Å²) in [5.74, 6) is 0.0755. The minimum Gasteiger partial charge on any atom is -0.352 e. The number of nitrogens with one attached hydrogen (secondary N) is 1. The van der Waals surface area contributed by atoms with Crippen molar-refractivity contribution < 1.29 is 4.79 Å². The molecule has 5 heteroatoms. The van der Waals surface area contributed by atoms with Crippen LogP contribution in [-0.4, -0.2) is 22.2 Å². The van der Waals surface area contributed by atoms with Crippen LogP contribution in [0.2, 0.25) is 0 Å². The number of aryl methyl sites for hydroxylation is 2. The Hall–Kier alpha value is -1.62. The van der Waals surface area contributed by atoms with Gasteiger partial charge in [-0.2, -0.15) is 5.10 Å². The van der Waals surface area contributed by atoms with E-state index in [1.807, 2.05) is 23.2 Å². The maximum Gasteiger partial charge on any atom is 0.252 e. The van der Waals surface area contributed by atoms with Crippen molar-refractivity contribution in [1.29, 1.82) is 0 Å². The van der Waals surface area contributed by atoms with Crippen molar-refractivity contribution in [2.75, 3.05) is 6.54 Å². The molecule has 1 N–H and O–H groups in total. The van der Waals surface area contributed by atoms with Crippen LogP contribution >= 0.6 is 11.3 Å². The van der Waals surface area contributed by atoms with Crippen LogP contribution < -0.4 is 5.32 Å². The Morgan fingerprint density at radius 3 is 3.10 bits per heavy atom. The smallest absolute Gasteiger partial charge is 0.252 e. The lowest BCUT2D eigenvalue weighted by Gasteiger charge is -2.12. The zero-order chi connectivity index (χ0) is 13.9. The van der Waals surface area contributed by atoms with Crippen LogP contribution in [0, 0.1) is 0 Å². The predicted octanol–water partition coefficient (Wildman–Crippen LogP) is 2.33. The first-order valence-corrected chi connectivity index (χ1v) is 7.98. The van der Waals surface area contributed by atoms with E-state index >= 15 is 0 Å². The SMILES string of the molecule is Cn1nccc1CCNC(=O)c1csc2c1CCCC2. The molecule has 0 atom stereocenters. The summed E-state index contributed by atoms with van der Waals surface area (Å²) in [5, 5.41) is 9.18. The Morgan fingerprint density at radius 2 is 2.30 bits per heavy atom. The number of nitrogens with zero attached hydrogens (tertiary/aromatic N) is 2.